The minimum absolute atomic E-state index is 0.102. The maximum absolute atomic E-state index is 13.3. The van der Waals surface area contributed by atoms with E-state index in [9.17, 15) is 9.59 Å². The van der Waals surface area contributed by atoms with Gasteiger partial charge in [-0.25, -0.2) is 9.78 Å². The van der Waals surface area contributed by atoms with Crippen LogP contribution in [0, 0.1) is 13.8 Å². The highest BCUT2D eigenvalue weighted by Crippen LogP contribution is 2.35. The first-order valence-electron chi connectivity index (χ1n) is 11.0. The zero-order valence-electron chi connectivity index (χ0n) is 20.0. The monoisotopic (exact) mass is 479 g/mol. The Bertz CT molecular complexity index is 1480. The van der Waals surface area contributed by atoms with Gasteiger partial charge in [-0.1, -0.05) is 38.4 Å². The molecule has 0 aliphatic heterocycles. The molecule has 0 amide bonds. The highest BCUT2D eigenvalue weighted by molar-refractivity contribution is 6.31. The van der Waals surface area contributed by atoms with Crippen LogP contribution in [-0.2, 0) is 10.2 Å². The Morgan fingerprint density at radius 2 is 1.94 bits per heavy atom. The van der Waals surface area contributed by atoms with Crippen LogP contribution in [0.3, 0.4) is 0 Å². The van der Waals surface area contributed by atoms with E-state index >= 15 is 0 Å². The van der Waals surface area contributed by atoms with Crippen LogP contribution in [0.4, 0.5) is 0 Å². The first-order chi connectivity index (χ1) is 16.0. The number of rotatable bonds is 4. The Balaban J connectivity index is 1.87. The SMILES string of the molecule is CCOC(=O)c1nc(C)c(-c2nccc3[nH]c(-c4cc(Cl)c(C(C)(C)C)cc4C)cc(=O)c23)o1. The van der Waals surface area contributed by atoms with E-state index in [1.165, 1.54) is 6.07 Å². The Hall–Kier alpha value is -3.45. The molecule has 176 valence electrons. The zero-order valence-corrected chi connectivity index (χ0v) is 20.8. The molecule has 3 heterocycles. The lowest BCUT2D eigenvalue weighted by atomic mass is 9.85. The van der Waals surface area contributed by atoms with Crippen LogP contribution in [0.1, 0.15) is 55.2 Å². The second kappa shape index (κ2) is 8.72. The number of H-pyrrole nitrogens is 1. The van der Waals surface area contributed by atoms with Crippen LogP contribution in [0.15, 0.2) is 39.7 Å². The molecular weight excluding hydrogens is 454 g/mol. The molecule has 0 radical (unpaired) electrons. The number of oxazole rings is 1. The topological polar surface area (TPSA) is 98.1 Å². The van der Waals surface area contributed by atoms with Crippen molar-refractivity contribution < 1.29 is 13.9 Å². The quantitative estimate of drug-likeness (QED) is 0.361. The molecule has 1 N–H and O–H groups in total. The molecule has 4 rings (SSSR count). The van der Waals surface area contributed by atoms with Gasteiger partial charge in [0, 0.05) is 22.8 Å². The number of esters is 1. The normalized spacial score (nSPS) is 11.7. The number of hydrogen-bond donors (Lipinski definition) is 1. The van der Waals surface area contributed by atoms with Gasteiger partial charge in [0.1, 0.15) is 5.69 Å². The van der Waals surface area contributed by atoms with Gasteiger partial charge in [-0.05, 0) is 49.4 Å². The molecule has 8 heteroatoms. The van der Waals surface area contributed by atoms with E-state index in [-0.39, 0.29) is 29.1 Å². The van der Waals surface area contributed by atoms with Gasteiger partial charge in [0.15, 0.2) is 11.2 Å². The van der Waals surface area contributed by atoms with E-state index < -0.39 is 5.97 Å². The third-order valence-corrected chi connectivity index (χ3v) is 5.93. The average molecular weight is 480 g/mol. The first-order valence-corrected chi connectivity index (χ1v) is 11.4. The predicted octanol–water partition coefficient (Wildman–Crippen LogP) is 5.99. The molecule has 0 aliphatic carbocycles. The number of aromatic amines is 1. The van der Waals surface area contributed by atoms with Gasteiger partial charge in [-0.2, -0.15) is 0 Å². The van der Waals surface area contributed by atoms with Crippen molar-refractivity contribution in [3.63, 3.8) is 0 Å². The number of halogens is 1. The minimum atomic E-state index is -0.667. The molecule has 0 aliphatic rings. The molecule has 0 unspecified atom stereocenters. The van der Waals surface area contributed by atoms with Gasteiger partial charge >= 0.3 is 11.9 Å². The number of carbonyl (C=O) groups excluding carboxylic acids is 1. The van der Waals surface area contributed by atoms with Crippen molar-refractivity contribution in [1.29, 1.82) is 0 Å². The molecule has 0 fully saturated rings. The van der Waals surface area contributed by atoms with Crippen molar-refractivity contribution in [3.8, 4) is 22.7 Å². The van der Waals surface area contributed by atoms with Gasteiger partial charge in [0.25, 0.3) is 0 Å². The number of carbonyl (C=O) groups is 1. The zero-order chi connectivity index (χ0) is 24.8. The number of hydrogen-bond acceptors (Lipinski definition) is 6. The van der Waals surface area contributed by atoms with Gasteiger partial charge < -0.3 is 14.1 Å². The van der Waals surface area contributed by atoms with Crippen LogP contribution >= 0.6 is 11.6 Å². The van der Waals surface area contributed by atoms with E-state index in [1.54, 1.807) is 26.1 Å². The lowest BCUT2D eigenvalue weighted by Gasteiger charge is -2.22. The average Bonchev–Trinajstić information content (AvgIpc) is 3.15. The van der Waals surface area contributed by atoms with Gasteiger partial charge in [-0.3, -0.25) is 9.78 Å². The summed E-state index contributed by atoms with van der Waals surface area (Å²) in [4.78, 5) is 37.2. The Morgan fingerprint density at radius 3 is 2.62 bits per heavy atom. The summed E-state index contributed by atoms with van der Waals surface area (Å²) in [6.45, 7) is 11.9. The van der Waals surface area contributed by atoms with E-state index in [2.05, 4.69) is 41.8 Å². The standard InChI is InChI=1S/C26H26ClN3O4/c1-7-33-25(32)24-29-14(3)23(34-24)22-21-18(8-9-28-22)30-19(12-20(21)31)15-11-17(27)16(10-13(15)2)26(4,5)6/h8-12H,7H2,1-6H3,(H,30,31). The van der Waals surface area contributed by atoms with Crippen molar-refractivity contribution in [3.05, 3.63) is 68.4 Å². The summed E-state index contributed by atoms with van der Waals surface area (Å²) in [6, 6.07) is 7.21. The molecule has 1 aromatic carbocycles. The Morgan fingerprint density at radius 1 is 1.21 bits per heavy atom. The van der Waals surface area contributed by atoms with Crippen molar-refractivity contribution in [2.24, 2.45) is 0 Å². The fraction of sp³-hybridized carbons (Fsp3) is 0.308. The summed E-state index contributed by atoms with van der Waals surface area (Å²) < 4.78 is 10.6. The molecule has 0 saturated carbocycles. The van der Waals surface area contributed by atoms with E-state index in [0.717, 1.165) is 16.7 Å². The van der Waals surface area contributed by atoms with Gasteiger partial charge in [0.2, 0.25) is 0 Å². The van der Waals surface area contributed by atoms with Crippen LogP contribution in [-0.4, -0.2) is 27.5 Å². The maximum Gasteiger partial charge on any atom is 0.394 e. The van der Waals surface area contributed by atoms with Crippen molar-refractivity contribution in [2.45, 2.75) is 47.0 Å². The number of pyridine rings is 2. The summed E-state index contributed by atoms with van der Waals surface area (Å²) in [6.07, 6.45) is 1.58. The van der Waals surface area contributed by atoms with Crippen molar-refractivity contribution in [1.82, 2.24) is 15.0 Å². The molecule has 0 atom stereocenters. The summed E-state index contributed by atoms with van der Waals surface area (Å²) in [7, 11) is 0. The lowest BCUT2D eigenvalue weighted by molar-refractivity contribution is 0.0481. The van der Waals surface area contributed by atoms with Gasteiger partial charge in [-0.15, -0.1) is 0 Å². The summed E-state index contributed by atoms with van der Waals surface area (Å²) >= 11 is 6.61. The third-order valence-electron chi connectivity index (χ3n) is 5.62. The molecule has 4 aromatic rings. The molecule has 0 bridgehead atoms. The van der Waals surface area contributed by atoms with E-state index in [0.29, 0.717) is 33.0 Å². The van der Waals surface area contributed by atoms with E-state index in [4.69, 9.17) is 20.8 Å². The third kappa shape index (κ3) is 4.23. The number of nitrogens with one attached hydrogen (secondary N) is 1. The smallest absolute Gasteiger partial charge is 0.394 e. The summed E-state index contributed by atoms with van der Waals surface area (Å²) in [5, 5.41) is 0.990. The molecular formula is C26H26ClN3O4. The second-order valence-corrected chi connectivity index (χ2v) is 9.59. The predicted molar refractivity (Wildman–Crippen MR) is 132 cm³/mol. The van der Waals surface area contributed by atoms with Crippen LogP contribution < -0.4 is 5.43 Å². The molecule has 7 nitrogen and oxygen atoms in total. The highest BCUT2D eigenvalue weighted by Gasteiger charge is 2.23. The largest absolute Gasteiger partial charge is 0.459 e. The number of nitrogens with zero attached hydrogens (tertiary/aromatic N) is 2. The summed E-state index contributed by atoms with van der Waals surface area (Å²) in [5.74, 6) is -0.592. The Kier molecular flexibility index (Phi) is 6.08. The van der Waals surface area contributed by atoms with Crippen LogP contribution in [0.5, 0.6) is 0 Å². The maximum atomic E-state index is 13.3. The summed E-state index contributed by atoms with van der Waals surface area (Å²) in [5.41, 5.74) is 4.52. The molecule has 0 spiro atoms. The molecule has 3 aromatic heterocycles. The molecule has 34 heavy (non-hydrogen) atoms. The van der Waals surface area contributed by atoms with Gasteiger partial charge in [0.05, 0.1) is 28.9 Å². The number of aryl methyl sites for hydroxylation is 2. The van der Waals surface area contributed by atoms with Crippen molar-refractivity contribution in [2.75, 3.05) is 6.61 Å². The highest BCUT2D eigenvalue weighted by atomic mass is 35.5. The number of aromatic nitrogens is 3. The van der Waals surface area contributed by atoms with Crippen LogP contribution in [0.25, 0.3) is 33.6 Å². The fourth-order valence-electron chi connectivity index (χ4n) is 3.96. The Labute approximate surface area is 202 Å². The number of fused-ring (bicyclic) bond motifs is 1. The number of ether oxygens (including phenoxy) is 1. The van der Waals surface area contributed by atoms with Crippen LogP contribution in [0.2, 0.25) is 5.02 Å². The minimum Gasteiger partial charge on any atom is -0.459 e. The number of benzene rings is 1. The fourth-order valence-corrected chi connectivity index (χ4v) is 4.41. The first kappa shape index (κ1) is 23.7. The lowest BCUT2D eigenvalue weighted by Crippen LogP contribution is -2.12. The van der Waals surface area contributed by atoms with Crippen molar-refractivity contribution >= 4 is 28.5 Å². The second-order valence-electron chi connectivity index (χ2n) is 9.18. The van der Waals surface area contributed by atoms with E-state index in [1.807, 2.05) is 13.0 Å². The molecule has 0 saturated heterocycles.